The maximum Gasteiger partial charge on any atom is 0.166 e. The fourth-order valence-corrected chi connectivity index (χ4v) is 2.79. The number of thioether (sulfide) groups is 1. The van der Waals surface area contributed by atoms with Crippen molar-refractivity contribution in [3.63, 3.8) is 0 Å². The molecule has 0 spiro atoms. The minimum Gasteiger partial charge on any atom is -0.383 e. The summed E-state index contributed by atoms with van der Waals surface area (Å²) in [5.41, 5.74) is 8.66. The van der Waals surface area contributed by atoms with Crippen LogP contribution in [-0.4, -0.2) is 15.0 Å². The second-order valence-corrected chi connectivity index (χ2v) is 5.44. The average molecular weight is 291 g/mol. The van der Waals surface area contributed by atoms with E-state index in [0.29, 0.717) is 10.8 Å². The number of H-pyrrole nitrogens is 1. The Morgan fingerprint density at radius 3 is 3.05 bits per heavy atom. The first-order valence-electron chi connectivity index (χ1n) is 5.70. The van der Waals surface area contributed by atoms with E-state index >= 15 is 0 Å². The third-order valence-electron chi connectivity index (χ3n) is 2.71. The van der Waals surface area contributed by atoms with Crippen molar-refractivity contribution in [2.45, 2.75) is 10.9 Å². The molecule has 0 bridgehead atoms. The van der Waals surface area contributed by atoms with Gasteiger partial charge in [0.15, 0.2) is 5.16 Å². The molecule has 1 aromatic carbocycles. The first-order valence-corrected chi connectivity index (χ1v) is 7.06. The van der Waals surface area contributed by atoms with Crippen molar-refractivity contribution in [1.82, 2.24) is 15.0 Å². The van der Waals surface area contributed by atoms with Crippen LogP contribution < -0.4 is 5.73 Å². The number of nitrogens with one attached hydrogen (secondary N) is 1. The molecule has 0 fully saturated rings. The Morgan fingerprint density at radius 1 is 1.32 bits per heavy atom. The summed E-state index contributed by atoms with van der Waals surface area (Å²) in [6.45, 7) is 0. The lowest BCUT2D eigenvalue weighted by Crippen LogP contribution is -1.95. The molecule has 0 radical (unpaired) electrons. The normalized spacial score (nSPS) is 11.0. The summed E-state index contributed by atoms with van der Waals surface area (Å²) in [6.07, 6.45) is 1.69. The summed E-state index contributed by atoms with van der Waals surface area (Å²) in [6, 6.07) is 9.46. The Balaban J connectivity index is 1.80. The lowest BCUT2D eigenvalue weighted by Gasteiger charge is -2.01. The molecular formula is C13H11ClN4S. The summed E-state index contributed by atoms with van der Waals surface area (Å²) < 4.78 is 0. The SMILES string of the molecule is Nc1ncccc1CSc1nc2cc(Cl)ccc2[nH]1. The Hall–Kier alpha value is -1.72. The molecule has 19 heavy (non-hydrogen) atoms. The number of halogens is 1. The Morgan fingerprint density at radius 2 is 2.21 bits per heavy atom. The van der Waals surface area contributed by atoms with E-state index in [1.165, 1.54) is 0 Å². The Bertz CT molecular complexity index is 725. The Kier molecular flexibility index (Phi) is 3.31. The smallest absolute Gasteiger partial charge is 0.166 e. The molecule has 96 valence electrons. The van der Waals surface area contributed by atoms with E-state index in [1.807, 2.05) is 30.3 Å². The zero-order valence-electron chi connectivity index (χ0n) is 9.93. The number of nitrogens with zero attached hydrogens (tertiary/aromatic N) is 2. The molecule has 2 aromatic heterocycles. The van der Waals surface area contributed by atoms with E-state index in [4.69, 9.17) is 17.3 Å². The van der Waals surface area contributed by atoms with Crippen molar-refractivity contribution in [1.29, 1.82) is 0 Å². The van der Waals surface area contributed by atoms with Crippen LogP contribution in [0.1, 0.15) is 5.56 Å². The van der Waals surface area contributed by atoms with Gasteiger partial charge in [0.05, 0.1) is 11.0 Å². The fraction of sp³-hybridized carbons (Fsp3) is 0.0769. The highest BCUT2D eigenvalue weighted by atomic mass is 35.5. The van der Waals surface area contributed by atoms with Gasteiger partial charge in [-0.15, -0.1) is 0 Å². The van der Waals surface area contributed by atoms with Crippen molar-refractivity contribution in [3.05, 3.63) is 47.1 Å². The number of aromatic amines is 1. The quantitative estimate of drug-likeness (QED) is 0.725. The summed E-state index contributed by atoms with van der Waals surface area (Å²) >= 11 is 7.53. The summed E-state index contributed by atoms with van der Waals surface area (Å²) in [5, 5.41) is 1.53. The highest BCUT2D eigenvalue weighted by molar-refractivity contribution is 7.98. The molecule has 0 saturated carbocycles. The second-order valence-electron chi connectivity index (χ2n) is 4.04. The topological polar surface area (TPSA) is 67.6 Å². The molecule has 3 aromatic rings. The van der Waals surface area contributed by atoms with Gasteiger partial charge in [-0.3, -0.25) is 0 Å². The largest absolute Gasteiger partial charge is 0.383 e. The van der Waals surface area contributed by atoms with Gasteiger partial charge >= 0.3 is 0 Å². The first-order chi connectivity index (χ1) is 9.22. The number of aromatic nitrogens is 3. The number of benzene rings is 1. The van der Waals surface area contributed by atoms with Crippen LogP contribution in [0.15, 0.2) is 41.7 Å². The number of imidazole rings is 1. The van der Waals surface area contributed by atoms with E-state index < -0.39 is 0 Å². The van der Waals surface area contributed by atoms with E-state index in [9.17, 15) is 0 Å². The lowest BCUT2D eigenvalue weighted by atomic mass is 10.3. The van der Waals surface area contributed by atoms with E-state index in [0.717, 1.165) is 27.5 Å². The van der Waals surface area contributed by atoms with Gasteiger partial charge in [0.1, 0.15) is 5.82 Å². The highest BCUT2D eigenvalue weighted by Crippen LogP contribution is 2.25. The summed E-state index contributed by atoms with van der Waals surface area (Å²) in [4.78, 5) is 11.8. The van der Waals surface area contributed by atoms with Gasteiger partial charge in [-0.2, -0.15) is 0 Å². The zero-order valence-corrected chi connectivity index (χ0v) is 11.5. The third kappa shape index (κ3) is 2.67. The molecular weight excluding hydrogens is 280 g/mol. The number of pyridine rings is 1. The molecule has 0 saturated heterocycles. The standard InChI is InChI=1S/C13H11ClN4S/c14-9-3-4-10-11(6-9)18-13(17-10)19-7-8-2-1-5-16-12(8)15/h1-6H,7H2,(H2,15,16)(H,17,18). The van der Waals surface area contributed by atoms with Crippen molar-refractivity contribution < 1.29 is 0 Å². The number of fused-ring (bicyclic) bond motifs is 1. The fourth-order valence-electron chi connectivity index (χ4n) is 1.74. The molecule has 0 amide bonds. The number of anilines is 1. The molecule has 0 atom stereocenters. The molecule has 3 N–H and O–H groups in total. The van der Waals surface area contributed by atoms with Crippen LogP contribution in [0, 0.1) is 0 Å². The van der Waals surface area contributed by atoms with Crippen LogP contribution in [-0.2, 0) is 5.75 Å². The molecule has 0 aliphatic heterocycles. The first kappa shape index (κ1) is 12.3. The molecule has 4 nitrogen and oxygen atoms in total. The van der Waals surface area contributed by atoms with Gasteiger partial charge in [0, 0.05) is 22.5 Å². The highest BCUT2D eigenvalue weighted by Gasteiger charge is 2.06. The minimum absolute atomic E-state index is 0.564. The van der Waals surface area contributed by atoms with E-state index in [2.05, 4.69) is 15.0 Å². The molecule has 6 heteroatoms. The number of hydrogen-bond donors (Lipinski definition) is 2. The molecule has 2 heterocycles. The lowest BCUT2D eigenvalue weighted by molar-refractivity contribution is 1.08. The van der Waals surface area contributed by atoms with E-state index in [1.54, 1.807) is 18.0 Å². The summed E-state index contributed by atoms with van der Waals surface area (Å²) in [7, 11) is 0. The van der Waals surface area contributed by atoms with Gasteiger partial charge in [0.25, 0.3) is 0 Å². The van der Waals surface area contributed by atoms with Crippen molar-refractivity contribution in [3.8, 4) is 0 Å². The van der Waals surface area contributed by atoms with Crippen molar-refractivity contribution in [2.75, 3.05) is 5.73 Å². The average Bonchev–Trinajstić information content (AvgIpc) is 2.79. The van der Waals surface area contributed by atoms with Crippen LogP contribution in [0.2, 0.25) is 5.02 Å². The van der Waals surface area contributed by atoms with Gasteiger partial charge in [-0.05, 0) is 24.3 Å². The molecule has 0 unspecified atom stereocenters. The monoisotopic (exact) mass is 290 g/mol. The van der Waals surface area contributed by atoms with Crippen LogP contribution in [0.5, 0.6) is 0 Å². The van der Waals surface area contributed by atoms with Gasteiger partial charge in [0.2, 0.25) is 0 Å². The van der Waals surface area contributed by atoms with Crippen LogP contribution in [0.4, 0.5) is 5.82 Å². The zero-order chi connectivity index (χ0) is 13.2. The van der Waals surface area contributed by atoms with Gasteiger partial charge in [-0.1, -0.05) is 29.4 Å². The van der Waals surface area contributed by atoms with Crippen LogP contribution in [0.3, 0.4) is 0 Å². The number of hydrogen-bond acceptors (Lipinski definition) is 4. The predicted molar refractivity (Wildman–Crippen MR) is 79.3 cm³/mol. The van der Waals surface area contributed by atoms with Gasteiger partial charge in [-0.25, -0.2) is 9.97 Å². The van der Waals surface area contributed by atoms with Gasteiger partial charge < -0.3 is 10.7 Å². The van der Waals surface area contributed by atoms with Crippen LogP contribution >= 0.6 is 23.4 Å². The molecule has 3 rings (SSSR count). The Labute approximate surface area is 119 Å². The van der Waals surface area contributed by atoms with Crippen LogP contribution in [0.25, 0.3) is 11.0 Å². The van der Waals surface area contributed by atoms with Crippen molar-refractivity contribution >= 4 is 40.2 Å². The predicted octanol–water partition coefficient (Wildman–Crippen LogP) is 3.49. The minimum atomic E-state index is 0.564. The van der Waals surface area contributed by atoms with E-state index in [-0.39, 0.29) is 0 Å². The maximum absolute atomic E-state index is 5.94. The van der Waals surface area contributed by atoms with Crippen molar-refractivity contribution in [2.24, 2.45) is 0 Å². The second kappa shape index (κ2) is 5.11. The number of nitrogen functional groups attached to an aromatic ring is 1. The molecule has 0 aliphatic carbocycles. The third-order valence-corrected chi connectivity index (χ3v) is 3.87. The maximum atomic E-state index is 5.94. The number of nitrogens with two attached hydrogens (primary N) is 1. The summed E-state index contributed by atoms with van der Waals surface area (Å²) in [5.74, 6) is 1.29. The molecule has 0 aliphatic rings. The number of rotatable bonds is 3.